The lowest BCUT2D eigenvalue weighted by atomic mass is 10.0. The van der Waals surface area contributed by atoms with E-state index in [0.717, 1.165) is 24.8 Å². The number of hydrogen-bond acceptors (Lipinski definition) is 2. The Morgan fingerprint density at radius 1 is 0.862 bits per heavy atom. The fourth-order valence-corrected chi connectivity index (χ4v) is 3.55. The average molecular weight is 403 g/mol. The van der Waals surface area contributed by atoms with E-state index in [1.165, 1.54) is 51.0 Å². The molecular formula is C25H36F2N2. The molecule has 1 aromatic heterocycles. The van der Waals surface area contributed by atoms with E-state index in [2.05, 4.69) is 16.9 Å². The van der Waals surface area contributed by atoms with Gasteiger partial charge < -0.3 is 0 Å². The lowest BCUT2D eigenvalue weighted by Crippen LogP contribution is -1.97. The molecule has 2 rings (SSSR count). The van der Waals surface area contributed by atoms with Crippen LogP contribution in [0.2, 0.25) is 0 Å². The van der Waals surface area contributed by atoms with Gasteiger partial charge in [0.1, 0.15) is 5.82 Å². The summed E-state index contributed by atoms with van der Waals surface area (Å²) in [5.74, 6) is 0.330. The summed E-state index contributed by atoms with van der Waals surface area (Å²) < 4.78 is 27.2. The minimum absolute atomic E-state index is 0.230. The van der Waals surface area contributed by atoms with E-state index in [1.54, 1.807) is 13.0 Å². The Kier molecular flexibility index (Phi) is 10.8. The van der Waals surface area contributed by atoms with E-state index in [1.807, 2.05) is 18.5 Å². The molecule has 2 nitrogen and oxygen atoms in total. The maximum atomic E-state index is 14.4. The maximum Gasteiger partial charge on any atom is 0.159 e. The van der Waals surface area contributed by atoms with Gasteiger partial charge in [-0.1, -0.05) is 64.0 Å². The molecule has 4 heteroatoms. The van der Waals surface area contributed by atoms with E-state index in [9.17, 15) is 8.78 Å². The minimum atomic E-state index is -0.784. The van der Waals surface area contributed by atoms with Crippen molar-refractivity contribution in [3.8, 4) is 11.4 Å². The van der Waals surface area contributed by atoms with Gasteiger partial charge in [0.15, 0.2) is 5.82 Å². The molecule has 0 fully saturated rings. The molecular weight excluding hydrogens is 366 g/mol. The van der Waals surface area contributed by atoms with Crippen LogP contribution in [0.5, 0.6) is 0 Å². The molecule has 1 atom stereocenters. The highest BCUT2D eigenvalue weighted by Crippen LogP contribution is 2.21. The Labute approximate surface area is 175 Å². The Balaban J connectivity index is 1.79. The van der Waals surface area contributed by atoms with Gasteiger partial charge in [0.25, 0.3) is 0 Å². The number of alkyl halides is 1. The predicted molar refractivity (Wildman–Crippen MR) is 117 cm³/mol. The molecule has 0 saturated carbocycles. The first-order chi connectivity index (χ1) is 14.1. The van der Waals surface area contributed by atoms with Crippen molar-refractivity contribution in [2.75, 3.05) is 0 Å². The molecule has 0 amide bonds. The third-order valence-electron chi connectivity index (χ3n) is 5.38. The Hall–Kier alpha value is -1.84. The molecule has 2 aromatic rings. The van der Waals surface area contributed by atoms with E-state index in [4.69, 9.17) is 0 Å². The predicted octanol–water partition coefficient (Wildman–Crippen LogP) is 7.65. The monoisotopic (exact) mass is 402 g/mol. The third-order valence-corrected chi connectivity index (χ3v) is 5.38. The van der Waals surface area contributed by atoms with Crippen LogP contribution >= 0.6 is 0 Å². The summed E-state index contributed by atoms with van der Waals surface area (Å²) in [4.78, 5) is 8.87. The van der Waals surface area contributed by atoms with Crippen molar-refractivity contribution in [1.82, 2.24) is 9.97 Å². The second kappa shape index (κ2) is 13.4. The second-order valence-corrected chi connectivity index (χ2v) is 8.12. The van der Waals surface area contributed by atoms with Gasteiger partial charge in [0, 0.05) is 18.0 Å². The molecule has 0 N–H and O–H groups in total. The molecule has 160 valence electrons. The van der Waals surface area contributed by atoms with Gasteiger partial charge in [-0.05, 0) is 56.2 Å². The summed E-state index contributed by atoms with van der Waals surface area (Å²) in [5.41, 5.74) is 2.52. The zero-order valence-corrected chi connectivity index (χ0v) is 18.1. The molecule has 0 radical (unpaired) electrons. The highest BCUT2D eigenvalue weighted by atomic mass is 19.1. The first-order valence-electron chi connectivity index (χ1n) is 11.3. The molecule has 29 heavy (non-hydrogen) atoms. The van der Waals surface area contributed by atoms with Crippen molar-refractivity contribution in [3.05, 3.63) is 47.5 Å². The smallest absolute Gasteiger partial charge is 0.159 e. The van der Waals surface area contributed by atoms with Crippen LogP contribution in [0.4, 0.5) is 8.78 Å². The van der Waals surface area contributed by atoms with E-state index in [0.29, 0.717) is 29.8 Å². The van der Waals surface area contributed by atoms with Gasteiger partial charge in [-0.3, -0.25) is 0 Å². The fraction of sp³-hybridized carbons (Fsp3) is 0.600. The third kappa shape index (κ3) is 9.01. The summed E-state index contributed by atoms with van der Waals surface area (Å²) in [5, 5.41) is 0. The Morgan fingerprint density at radius 3 is 2.17 bits per heavy atom. The van der Waals surface area contributed by atoms with Crippen LogP contribution in [0.1, 0.15) is 89.2 Å². The quantitative estimate of drug-likeness (QED) is 0.303. The average Bonchev–Trinajstić information content (AvgIpc) is 2.72. The molecule has 0 aliphatic carbocycles. The van der Waals surface area contributed by atoms with Crippen molar-refractivity contribution in [1.29, 1.82) is 0 Å². The number of hydrogen-bond donors (Lipinski definition) is 0. The second-order valence-electron chi connectivity index (χ2n) is 8.12. The SMILES string of the molecule is CCCCCCCCCc1cnc(-c2ccc(CCCCC(C)F)c(F)c2)nc1. The topological polar surface area (TPSA) is 25.8 Å². The van der Waals surface area contributed by atoms with Crippen LogP contribution in [0.15, 0.2) is 30.6 Å². The van der Waals surface area contributed by atoms with E-state index >= 15 is 0 Å². The minimum Gasteiger partial charge on any atom is -0.248 e. The lowest BCUT2D eigenvalue weighted by Gasteiger charge is -2.07. The van der Waals surface area contributed by atoms with Crippen molar-refractivity contribution in [2.45, 2.75) is 97.1 Å². The molecule has 1 aromatic carbocycles. The summed E-state index contributed by atoms with van der Waals surface area (Å²) in [6, 6.07) is 5.19. The van der Waals surface area contributed by atoms with Crippen molar-refractivity contribution < 1.29 is 8.78 Å². The standard InChI is InChI=1S/C25H36F2N2/c1-3-4-5-6-7-8-9-13-21-18-28-25(29-19-21)23-16-15-22(24(27)17-23)14-11-10-12-20(2)26/h15-20H,3-14H2,1-2H3. The zero-order valence-electron chi connectivity index (χ0n) is 18.1. The fourth-order valence-electron chi connectivity index (χ4n) is 3.55. The van der Waals surface area contributed by atoms with Crippen LogP contribution in [0.25, 0.3) is 11.4 Å². The number of benzene rings is 1. The maximum absolute atomic E-state index is 14.4. The summed E-state index contributed by atoms with van der Waals surface area (Å²) >= 11 is 0. The summed E-state index contributed by atoms with van der Waals surface area (Å²) in [6.45, 7) is 3.80. The lowest BCUT2D eigenvalue weighted by molar-refractivity contribution is 0.331. The van der Waals surface area contributed by atoms with E-state index < -0.39 is 6.17 Å². The number of unbranched alkanes of at least 4 members (excludes halogenated alkanes) is 7. The number of nitrogens with zero attached hydrogens (tertiary/aromatic N) is 2. The van der Waals surface area contributed by atoms with Crippen LogP contribution in [0, 0.1) is 5.82 Å². The van der Waals surface area contributed by atoms with Crippen molar-refractivity contribution in [2.24, 2.45) is 0 Å². The van der Waals surface area contributed by atoms with Crippen LogP contribution in [-0.2, 0) is 12.8 Å². The van der Waals surface area contributed by atoms with Gasteiger partial charge in [-0.2, -0.15) is 0 Å². The van der Waals surface area contributed by atoms with Crippen LogP contribution in [0.3, 0.4) is 0 Å². The van der Waals surface area contributed by atoms with Crippen LogP contribution in [-0.4, -0.2) is 16.1 Å². The molecule has 0 aliphatic rings. The molecule has 0 bridgehead atoms. The Morgan fingerprint density at radius 2 is 1.52 bits per heavy atom. The molecule has 0 spiro atoms. The molecule has 1 unspecified atom stereocenters. The van der Waals surface area contributed by atoms with Crippen molar-refractivity contribution in [3.63, 3.8) is 0 Å². The van der Waals surface area contributed by atoms with Gasteiger partial charge in [-0.15, -0.1) is 0 Å². The number of halogens is 2. The molecule has 0 saturated heterocycles. The van der Waals surface area contributed by atoms with Gasteiger partial charge >= 0.3 is 0 Å². The zero-order chi connectivity index (χ0) is 20.9. The first-order valence-corrected chi connectivity index (χ1v) is 11.3. The number of aryl methyl sites for hydroxylation is 2. The highest BCUT2D eigenvalue weighted by molar-refractivity contribution is 5.55. The molecule has 1 heterocycles. The van der Waals surface area contributed by atoms with Crippen molar-refractivity contribution >= 4 is 0 Å². The first kappa shape index (κ1) is 23.4. The van der Waals surface area contributed by atoms with Crippen LogP contribution < -0.4 is 0 Å². The van der Waals surface area contributed by atoms with Gasteiger partial charge in [0.2, 0.25) is 0 Å². The summed E-state index contributed by atoms with van der Waals surface area (Å²) in [6.07, 6.45) is 15.7. The summed E-state index contributed by atoms with van der Waals surface area (Å²) in [7, 11) is 0. The van der Waals surface area contributed by atoms with E-state index in [-0.39, 0.29) is 5.82 Å². The van der Waals surface area contributed by atoms with Gasteiger partial charge in [-0.25, -0.2) is 18.7 Å². The number of aromatic nitrogens is 2. The molecule has 0 aliphatic heterocycles. The largest absolute Gasteiger partial charge is 0.248 e. The normalized spacial score (nSPS) is 12.3. The highest BCUT2D eigenvalue weighted by Gasteiger charge is 2.08. The number of rotatable bonds is 14. The van der Waals surface area contributed by atoms with Gasteiger partial charge in [0.05, 0.1) is 6.17 Å². The Bertz CT molecular complexity index is 698.